The number of aryl methyl sites for hydroxylation is 1. The van der Waals surface area contributed by atoms with Crippen molar-refractivity contribution in [1.29, 1.82) is 0 Å². The zero-order valence-electron chi connectivity index (χ0n) is 22.6. The first-order valence-electron chi connectivity index (χ1n) is 13.7. The number of alkyl halides is 3. The van der Waals surface area contributed by atoms with E-state index in [0.717, 1.165) is 44.7 Å². The molecule has 8 heteroatoms. The van der Waals surface area contributed by atoms with Crippen LogP contribution in [0, 0.1) is 0 Å². The number of piperidine rings is 1. The van der Waals surface area contributed by atoms with E-state index in [1.807, 2.05) is 0 Å². The summed E-state index contributed by atoms with van der Waals surface area (Å²) in [4.78, 5) is 8.90. The van der Waals surface area contributed by atoms with Crippen LogP contribution in [0.5, 0.6) is 5.75 Å². The Bertz CT molecular complexity index is 1380. The average molecular weight is 566 g/mol. The number of hydrogen-bond donors (Lipinski definition) is 2. The lowest BCUT2D eigenvalue weighted by molar-refractivity contribution is -0.192. The molecule has 1 aliphatic heterocycles. The number of carbonyl (C=O) groups is 1. The van der Waals surface area contributed by atoms with Crippen molar-refractivity contribution in [2.75, 3.05) is 19.7 Å². The second kappa shape index (κ2) is 14.7. The lowest BCUT2D eigenvalue weighted by Crippen LogP contribution is -2.40. The van der Waals surface area contributed by atoms with Crippen molar-refractivity contribution in [3.8, 4) is 5.75 Å². The highest BCUT2D eigenvalue weighted by atomic mass is 19.4. The van der Waals surface area contributed by atoms with Crippen LogP contribution in [-0.2, 0) is 22.6 Å². The number of rotatable bonds is 9. The maximum absolute atomic E-state index is 10.6. The van der Waals surface area contributed by atoms with Crippen molar-refractivity contribution >= 4 is 16.7 Å². The van der Waals surface area contributed by atoms with Gasteiger partial charge in [-0.2, -0.15) is 13.2 Å². The van der Waals surface area contributed by atoms with E-state index in [2.05, 4.69) is 102 Å². The highest BCUT2D eigenvalue weighted by molar-refractivity contribution is 5.82. The third kappa shape index (κ3) is 9.33. The third-order valence-corrected chi connectivity index (χ3v) is 6.98. The number of fused-ring (bicyclic) bond motifs is 1. The second-order valence-corrected chi connectivity index (χ2v) is 9.94. The van der Waals surface area contributed by atoms with E-state index in [1.165, 1.54) is 27.5 Å². The molecule has 41 heavy (non-hydrogen) atoms. The molecule has 2 atom stereocenters. The minimum Gasteiger partial charge on any atom is -0.494 e. The molecule has 5 nitrogen and oxygen atoms in total. The van der Waals surface area contributed by atoms with Crippen molar-refractivity contribution in [3.63, 3.8) is 0 Å². The van der Waals surface area contributed by atoms with E-state index in [9.17, 15) is 13.2 Å². The number of benzene rings is 4. The van der Waals surface area contributed by atoms with Crippen LogP contribution < -0.4 is 10.1 Å². The Hall–Kier alpha value is -3.88. The zero-order chi connectivity index (χ0) is 29.1. The highest BCUT2D eigenvalue weighted by Crippen LogP contribution is 2.30. The van der Waals surface area contributed by atoms with Gasteiger partial charge in [-0.05, 0) is 71.5 Å². The molecule has 0 bridgehead atoms. The maximum Gasteiger partial charge on any atom is 0.490 e. The van der Waals surface area contributed by atoms with Gasteiger partial charge in [0.25, 0.3) is 0 Å². The Labute approximate surface area is 237 Å². The number of nitrogens with one attached hydrogen (secondary N) is 1. The van der Waals surface area contributed by atoms with Gasteiger partial charge in [0.05, 0.1) is 19.3 Å². The molecule has 0 radical (unpaired) electrons. The molecule has 0 spiro atoms. The third-order valence-electron chi connectivity index (χ3n) is 6.98. The fourth-order valence-electron chi connectivity index (χ4n) is 4.84. The van der Waals surface area contributed by atoms with Gasteiger partial charge >= 0.3 is 12.1 Å². The Morgan fingerprint density at radius 1 is 0.878 bits per heavy atom. The molecule has 0 saturated carbocycles. The largest absolute Gasteiger partial charge is 0.494 e. The van der Waals surface area contributed by atoms with Gasteiger partial charge in [-0.25, -0.2) is 4.79 Å². The molecule has 0 amide bonds. The number of carboxylic acid groups (broad SMARTS) is 1. The zero-order valence-corrected chi connectivity index (χ0v) is 22.6. The van der Waals surface area contributed by atoms with Gasteiger partial charge in [-0.1, -0.05) is 78.9 Å². The predicted molar refractivity (Wildman–Crippen MR) is 153 cm³/mol. The standard InChI is InChI=1S/C31H33NO2.C2HF3O2/c1-2-7-24(8-3-1)9-6-20-33-29-16-14-27(15-17-29)30-18-19-32-22-31(30)34-23-25-12-13-26-10-4-5-11-28(26)21-25;3-2(4,5)1(6)7/h1-5,7-8,10-17,21,30-32H,6,9,18-20,22-23H2;(H,6,7). The lowest BCUT2D eigenvalue weighted by atomic mass is 9.87. The second-order valence-electron chi connectivity index (χ2n) is 9.94. The Balaban J connectivity index is 0.000000493. The minimum atomic E-state index is -5.08. The van der Waals surface area contributed by atoms with Crippen molar-refractivity contribution in [3.05, 3.63) is 114 Å². The number of aliphatic carboxylic acids is 1. The summed E-state index contributed by atoms with van der Waals surface area (Å²) in [6.45, 7) is 3.28. The molecule has 5 rings (SSSR count). The van der Waals surface area contributed by atoms with E-state index >= 15 is 0 Å². The number of ether oxygens (including phenoxy) is 2. The summed E-state index contributed by atoms with van der Waals surface area (Å²) in [5.41, 5.74) is 3.92. The quantitative estimate of drug-likeness (QED) is 0.211. The molecule has 2 unspecified atom stereocenters. The van der Waals surface area contributed by atoms with Gasteiger partial charge in [0.15, 0.2) is 0 Å². The van der Waals surface area contributed by atoms with E-state index in [1.54, 1.807) is 0 Å². The summed E-state index contributed by atoms with van der Waals surface area (Å²) in [6.07, 6.45) is -1.77. The van der Waals surface area contributed by atoms with Gasteiger partial charge in [-0.15, -0.1) is 0 Å². The minimum absolute atomic E-state index is 0.165. The van der Waals surface area contributed by atoms with Crippen molar-refractivity contribution in [2.24, 2.45) is 0 Å². The summed E-state index contributed by atoms with van der Waals surface area (Å²) in [6, 6.07) is 34.3. The van der Waals surface area contributed by atoms with Crippen LogP contribution >= 0.6 is 0 Å². The molecule has 4 aromatic rings. The summed E-state index contributed by atoms with van der Waals surface area (Å²) in [5.74, 6) is -1.42. The van der Waals surface area contributed by atoms with Crippen LogP contribution in [0.15, 0.2) is 97.1 Å². The van der Waals surface area contributed by atoms with Crippen LogP contribution in [0.1, 0.15) is 35.4 Å². The van der Waals surface area contributed by atoms with Gasteiger partial charge in [0, 0.05) is 12.5 Å². The molecule has 1 fully saturated rings. The van der Waals surface area contributed by atoms with E-state index < -0.39 is 12.1 Å². The highest BCUT2D eigenvalue weighted by Gasteiger charge is 2.38. The van der Waals surface area contributed by atoms with E-state index in [-0.39, 0.29) is 6.10 Å². The van der Waals surface area contributed by atoms with Crippen molar-refractivity contribution < 1.29 is 32.5 Å². The molecule has 0 aromatic heterocycles. The van der Waals surface area contributed by atoms with Crippen molar-refractivity contribution in [1.82, 2.24) is 5.32 Å². The van der Waals surface area contributed by atoms with E-state index in [0.29, 0.717) is 12.5 Å². The summed E-state index contributed by atoms with van der Waals surface area (Å²) in [7, 11) is 0. The van der Waals surface area contributed by atoms with Crippen LogP contribution in [0.4, 0.5) is 13.2 Å². The fourth-order valence-corrected chi connectivity index (χ4v) is 4.84. The first-order chi connectivity index (χ1) is 19.8. The van der Waals surface area contributed by atoms with Crippen LogP contribution in [0.2, 0.25) is 0 Å². The predicted octanol–water partition coefficient (Wildman–Crippen LogP) is 7.15. The van der Waals surface area contributed by atoms with Crippen LogP contribution in [0.3, 0.4) is 0 Å². The molecular weight excluding hydrogens is 531 g/mol. The van der Waals surface area contributed by atoms with Gasteiger partial charge < -0.3 is 19.9 Å². The first kappa shape index (κ1) is 30.1. The number of carboxylic acids is 1. The Morgan fingerprint density at radius 3 is 2.27 bits per heavy atom. The normalized spacial score (nSPS) is 17.0. The molecule has 2 N–H and O–H groups in total. The molecule has 216 valence electrons. The smallest absolute Gasteiger partial charge is 0.490 e. The number of halogens is 3. The molecule has 4 aromatic carbocycles. The first-order valence-corrected chi connectivity index (χ1v) is 13.7. The van der Waals surface area contributed by atoms with Gasteiger partial charge in [-0.3, -0.25) is 0 Å². The monoisotopic (exact) mass is 565 g/mol. The molecular formula is C33H34F3NO4. The lowest BCUT2D eigenvalue weighted by Gasteiger charge is -2.32. The van der Waals surface area contributed by atoms with Crippen LogP contribution in [0.25, 0.3) is 10.8 Å². The summed E-state index contributed by atoms with van der Waals surface area (Å²) >= 11 is 0. The average Bonchev–Trinajstić information content (AvgIpc) is 2.99. The molecule has 0 aliphatic carbocycles. The SMILES string of the molecule is O=C(O)C(F)(F)F.c1ccc(CCCOc2ccc(C3CCNCC3OCc3ccc4ccccc4c3)cc2)cc1. The Kier molecular flexibility index (Phi) is 10.8. The Morgan fingerprint density at radius 2 is 1.56 bits per heavy atom. The van der Waals surface area contributed by atoms with Gasteiger partial charge in [0.1, 0.15) is 5.75 Å². The fraction of sp³-hybridized carbons (Fsp3) is 0.303. The topological polar surface area (TPSA) is 67.8 Å². The molecule has 1 heterocycles. The molecule has 1 saturated heterocycles. The number of hydrogen-bond acceptors (Lipinski definition) is 4. The maximum atomic E-state index is 10.6. The van der Waals surface area contributed by atoms with E-state index in [4.69, 9.17) is 19.4 Å². The van der Waals surface area contributed by atoms with Gasteiger partial charge in [0.2, 0.25) is 0 Å². The molecule has 1 aliphatic rings. The summed E-state index contributed by atoms with van der Waals surface area (Å²) < 4.78 is 44.2. The van der Waals surface area contributed by atoms with Crippen molar-refractivity contribution in [2.45, 2.75) is 44.1 Å². The van der Waals surface area contributed by atoms with Crippen LogP contribution in [-0.4, -0.2) is 43.1 Å². The summed E-state index contributed by atoms with van der Waals surface area (Å²) in [5, 5.41) is 13.2.